The van der Waals surface area contributed by atoms with E-state index >= 15 is 0 Å². The molecule has 8 aromatic rings. The monoisotopic (exact) mass is 692 g/mol. The quantitative estimate of drug-likeness (QED) is 0.159. The van der Waals surface area contributed by atoms with Gasteiger partial charge in [-0.3, -0.25) is 0 Å². The number of benzene rings is 8. The molecular formula is C50H36N4. The summed E-state index contributed by atoms with van der Waals surface area (Å²) in [5.41, 5.74) is 14.1. The van der Waals surface area contributed by atoms with E-state index in [2.05, 4.69) is 192 Å². The standard InChI is InChI=1S/C50H36N4/c1-5-17-39(18-6-1)53(40-19-7-2-8-20-40)43-33-29-37(30-34-43)49-45-25-13-15-27-47(45)52-50(46-26-14-16-28-48(46)51-49)38-31-35-44(36-32-38)54(41-21-9-3-10-22-41)42-23-11-4-12-24-42/h1-36H/b49-45?,50-46?,51-48?,51-49-,52-47?,52-50-. The minimum absolute atomic E-state index is 0.874. The Morgan fingerprint density at radius 2 is 0.500 bits per heavy atom. The van der Waals surface area contributed by atoms with E-state index in [0.29, 0.717) is 0 Å². The molecule has 0 amide bonds. The molecule has 0 radical (unpaired) electrons. The highest BCUT2D eigenvalue weighted by Gasteiger charge is 2.21. The fourth-order valence-corrected chi connectivity index (χ4v) is 7.08. The zero-order chi connectivity index (χ0) is 36.1. The van der Waals surface area contributed by atoms with Crippen LogP contribution in [0.4, 0.5) is 45.5 Å². The maximum Gasteiger partial charge on any atom is 0.0803 e. The van der Waals surface area contributed by atoms with Crippen LogP contribution in [-0.2, 0) is 0 Å². The molecule has 0 saturated carbocycles. The number of rotatable bonds is 8. The van der Waals surface area contributed by atoms with Crippen molar-refractivity contribution in [2.75, 3.05) is 9.80 Å². The maximum atomic E-state index is 5.42. The van der Waals surface area contributed by atoms with Crippen molar-refractivity contribution in [2.45, 2.75) is 0 Å². The number of nitrogens with zero attached hydrogens (tertiary/aromatic N) is 4. The summed E-state index contributed by atoms with van der Waals surface area (Å²) in [6, 6.07) is 75.9. The van der Waals surface area contributed by atoms with Crippen LogP contribution in [0.5, 0.6) is 0 Å². The lowest BCUT2D eigenvalue weighted by Crippen LogP contribution is -2.12. The normalized spacial score (nSPS) is 13.9. The average Bonchev–Trinajstić information content (AvgIpc) is 3.24. The fourth-order valence-electron chi connectivity index (χ4n) is 7.08. The molecule has 256 valence electrons. The number of para-hydroxylation sites is 6. The number of fused-ring (bicyclic) bond motifs is 2. The lowest BCUT2D eigenvalue weighted by molar-refractivity contribution is 1.28. The Morgan fingerprint density at radius 1 is 0.241 bits per heavy atom. The number of anilines is 6. The van der Waals surface area contributed by atoms with Crippen molar-refractivity contribution in [3.05, 3.63) is 241 Å². The van der Waals surface area contributed by atoms with Gasteiger partial charge in [-0.15, -0.1) is 0 Å². The molecule has 0 saturated heterocycles. The molecule has 8 aromatic carbocycles. The second kappa shape index (κ2) is 14.7. The van der Waals surface area contributed by atoms with Crippen LogP contribution in [0.2, 0.25) is 0 Å². The van der Waals surface area contributed by atoms with Gasteiger partial charge in [0.25, 0.3) is 0 Å². The summed E-state index contributed by atoms with van der Waals surface area (Å²) >= 11 is 0. The highest BCUT2D eigenvalue weighted by atomic mass is 15.1. The second-order valence-electron chi connectivity index (χ2n) is 13.1. The van der Waals surface area contributed by atoms with Crippen LogP contribution in [0.3, 0.4) is 0 Å². The molecule has 0 aliphatic carbocycles. The molecule has 1 aliphatic heterocycles. The lowest BCUT2D eigenvalue weighted by atomic mass is 9.95. The molecule has 4 heteroatoms. The largest absolute Gasteiger partial charge is 0.311 e. The van der Waals surface area contributed by atoms with E-state index < -0.39 is 0 Å². The Hall–Kier alpha value is -7.30. The molecule has 1 heterocycles. The van der Waals surface area contributed by atoms with E-state index in [4.69, 9.17) is 9.98 Å². The van der Waals surface area contributed by atoms with Crippen molar-refractivity contribution in [3.8, 4) is 0 Å². The summed E-state index contributed by atoms with van der Waals surface area (Å²) in [6.07, 6.45) is 0. The van der Waals surface area contributed by atoms with Crippen LogP contribution in [0.25, 0.3) is 0 Å². The number of hydrogen-bond acceptors (Lipinski definition) is 4. The molecular weight excluding hydrogens is 657 g/mol. The van der Waals surface area contributed by atoms with Gasteiger partial charge in [0, 0.05) is 56.4 Å². The molecule has 1 aliphatic rings. The third kappa shape index (κ3) is 6.49. The molecule has 0 unspecified atom stereocenters. The van der Waals surface area contributed by atoms with Crippen LogP contribution < -0.4 is 9.80 Å². The topological polar surface area (TPSA) is 31.2 Å². The van der Waals surface area contributed by atoms with Crippen molar-refractivity contribution in [1.29, 1.82) is 0 Å². The number of hydrogen-bond donors (Lipinski definition) is 0. The SMILES string of the molecule is c1ccc(N(c2ccccc2)c2ccc(/C3=N/c4ccccc4/C(c4ccc(N(c5ccccc5)c5ccccc5)cc4)=N\c4ccccc43)cc2)cc1. The van der Waals surface area contributed by atoms with E-state index in [-0.39, 0.29) is 0 Å². The molecule has 54 heavy (non-hydrogen) atoms. The third-order valence-electron chi connectivity index (χ3n) is 9.64. The molecule has 9 rings (SSSR count). The van der Waals surface area contributed by atoms with E-state index in [1.54, 1.807) is 0 Å². The Kier molecular flexibility index (Phi) is 8.90. The highest BCUT2D eigenvalue weighted by Crippen LogP contribution is 2.38. The van der Waals surface area contributed by atoms with Crippen LogP contribution in [0.15, 0.2) is 228 Å². The smallest absolute Gasteiger partial charge is 0.0803 e. The van der Waals surface area contributed by atoms with Crippen molar-refractivity contribution in [2.24, 2.45) is 9.98 Å². The van der Waals surface area contributed by atoms with Crippen LogP contribution in [0.1, 0.15) is 22.3 Å². The first-order valence-corrected chi connectivity index (χ1v) is 18.2. The van der Waals surface area contributed by atoms with Crippen molar-refractivity contribution >= 4 is 56.9 Å². The summed E-state index contributed by atoms with van der Waals surface area (Å²) in [6.45, 7) is 0. The van der Waals surface area contributed by atoms with Crippen LogP contribution in [0, 0.1) is 0 Å². The van der Waals surface area contributed by atoms with E-state index in [9.17, 15) is 0 Å². The van der Waals surface area contributed by atoms with Gasteiger partial charge in [0.05, 0.1) is 22.8 Å². The first-order valence-electron chi connectivity index (χ1n) is 18.2. The minimum atomic E-state index is 0.874. The predicted octanol–water partition coefficient (Wildman–Crippen LogP) is 13.3. The average molecular weight is 693 g/mol. The summed E-state index contributed by atoms with van der Waals surface area (Å²) in [5.74, 6) is 0. The zero-order valence-corrected chi connectivity index (χ0v) is 29.6. The van der Waals surface area contributed by atoms with Gasteiger partial charge in [0.15, 0.2) is 0 Å². The van der Waals surface area contributed by atoms with Crippen LogP contribution >= 0.6 is 0 Å². The minimum Gasteiger partial charge on any atom is -0.311 e. The van der Waals surface area contributed by atoms with E-state index in [1.165, 1.54) is 0 Å². The van der Waals surface area contributed by atoms with Gasteiger partial charge in [-0.25, -0.2) is 9.98 Å². The van der Waals surface area contributed by atoms with Gasteiger partial charge in [0.1, 0.15) is 0 Å². The lowest BCUT2D eigenvalue weighted by Gasteiger charge is -2.26. The van der Waals surface area contributed by atoms with Crippen molar-refractivity contribution < 1.29 is 0 Å². The molecule has 0 atom stereocenters. The summed E-state index contributed by atoms with van der Waals surface area (Å²) in [4.78, 5) is 15.4. The van der Waals surface area contributed by atoms with Gasteiger partial charge in [-0.1, -0.05) is 133 Å². The van der Waals surface area contributed by atoms with Gasteiger partial charge >= 0.3 is 0 Å². The Bertz CT molecular complexity index is 2300. The van der Waals surface area contributed by atoms with Crippen molar-refractivity contribution in [3.63, 3.8) is 0 Å². The number of aliphatic imine (C=N–C) groups is 2. The summed E-state index contributed by atoms with van der Waals surface area (Å²) < 4.78 is 0. The van der Waals surface area contributed by atoms with E-state index in [1.807, 2.05) is 36.4 Å². The first-order chi connectivity index (χ1) is 26.8. The first kappa shape index (κ1) is 32.6. The Labute approximate surface area is 316 Å². The molecule has 0 bridgehead atoms. The molecule has 0 aromatic heterocycles. The van der Waals surface area contributed by atoms with Gasteiger partial charge in [0.2, 0.25) is 0 Å². The molecule has 4 nitrogen and oxygen atoms in total. The second-order valence-corrected chi connectivity index (χ2v) is 13.1. The van der Waals surface area contributed by atoms with Gasteiger partial charge in [-0.2, -0.15) is 0 Å². The third-order valence-corrected chi connectivity index (χ3v) is 9.64. The van der Waals surface area contributed by atoms with Crippen LogP contribution in [-0.4, -0.2) is 11.4 Å². The highest BCUT2D eigenvalue weighted by molar-refractivity contribution is 6.22. The van der Waals surface area contributed by atoms with E-state index in [0.717, 1.165) is 79.2 Å². The van der Waals surface area contributed by atoms with Gasteiger partial charge in [-0.05, 0) is 84.9 Å². The molecule has 0 fully saturated rings. The molecule has 0 N–H and O–H groups in total. The Morgan fingerprint density at radius 3 is 0.815 bits per heavy atom. The predicted molar refractivity (Wildman–Crippen MR) is 226 cm³/mol. The van der Waals surface area contributed by atoms with Gasteiger partial charge < -0.3 is 9.80 Å². The summed E-state index contributed by atoms with van der Waals surface area (Å²) in [5, 5.41) is 0. The summed E-state index contributed by atoms with van der Waals surface area (Å²) in [7, 11) is 0. The fraction of sp³-hybridized carbons (Fsp3) is 0. The zero-order valence-electron chi connectivity index (χ0n) is 29.6. The van der Waals surface area contributed by atoms with Crippen molar-refractivity contribution in [1.82, 2.24) is 0 Å². The molecule has 0 spiro atoms. The Balaban J connectivity index is 1.11. The maximum absolute atomic E-state index is 5.42.